The fraction of sp³-hybridized carbons (Fsp3) is 0.308. The van der Waals surface area contributed by atoms with Crippen molar-refractivity contribution in [3.8, 4) is 33.4 Å². The molecule has 1 fully saturated rings. The topological polar surface area (TPSA) is 110 Å². The molecule has 0 spiro atoms. The minimum absolute atomic E-state index is 0.0834. The van der Waals surface area contributed by atoms with Crippen LogP contribution in [0.5, 0.6) is 0 Å². The molecule has 1 saturated heterocycles. The van der Waals surface area contributed by atoms with Crippen molar-refractivity contribution in [1.29, 1.82) is 0 Å². The van der Waals surface area contributed by atoms with Crippen molar-refractivity contribution < 1.29 is 32.3 Å². The molecule has 2 N–H and O–H groups in total. The van der Waals surface area contributed by atoms with E-state index in [9.17, 15) is 23.1 Å². The number of ether oxygens (including phenoxy) is 1. The number of aliphatic hydroxyl groups excluding tert-OH is 1. The standard InChI is InChI=1S/C26H23F3N4O4S/c27-26(28,29)20-21(16-5-2-1-3-6-16)33-38-22(20)24-31-23(32-37-24)17-10-8-15(9-11-17)19(34)14-36-25(35)18-7-4-12-30-13-18/h1-3,5-6,8-11,18-19,30,34H,4,7,12-14H2/t18?,19-/m1/s1. The normalized spacial score (nSPS) is 16.8. The fourth-order valence-corrected chi connectivity index (χ4v) is 5.05. The third-order valence-electron chi connectivity index (χ3n) is 6.21. The number of aromatic nitrogens is 3. The first-order valence-electron chi connectivity index (χ1n) is 11.9. The van der Waals surface area contributed by atoms with Crippen molar-refractivity contribution in [2.24, 2.45) is 5.92 Å². The number of carbonyl (C=O) groups excluding carboxylic acids is 1. The van der Waals surface area contributed by atoms with Crippen LogP contribution in [0.1, 0.15) is 30.1 Å². The average molecular weight is 545 g/mol. The summed E-state index contributed by atoms with van der Waals surface area (Å²) in [5.41, 5.74) is 0.179. The summed E-state index contributed by atoms with van der Waals surface area (Å²) in [7, 11) is 0. The monoisotopic (exact) mass is 544 g/mol. The highest BCUT2D eigenvalue weighted by Crippen LogP contribution is 2.45. The maximum Gasteiger partial charge on any atom is 0.420 e. The first kappa shape index (κ1) is 26.0. The zero-order valence-electron chi connectivity index (χ0n) is 19.9. The van der Waals surface area contributed by atoms with Gasteiger partial charge in [0.15, 0.2) is 0 Å². The van der Waals surface area contributed by atoms with Crippen LogP contribution in [-0.2, 0) is 15.7 Å². The maximum absolute atomic E-state index is 14.0. The molecule has 0 radical (unpaired) electrons. The molecule has 3 heterocycles. The number of aliphatic hydroxyl groups is 1. The molecule has 12 heteroatoms. The highest BCUT2D eigenvalue weighted by molar-refractivity contribution is 7.10. The van der Waals surface area contributed by atoms with Gasteiger partial charge in [-0.2, -0.15) is 22.5 Å². The van der Waals surface area contributed by atoms with E-state index in [0.29, 0.717) is 34.8 Å². The lowest BCUT2D eigenvalue weighted by Gasteiger charge is -2.22. The SMILES string of the molecule is O=C(OC[C@@H](O)c1ccc(-c2noc(-c3snc(-c4ccccc4)c3C(F)(F)F)n2)cc1)C1CCCNC1. The van der Waals surface area contributed by atoms with Gasteiger partial charge in [-0.05, 0) is 36.5 Å². The van der Waals surface area contributed by atoms with E-state index >= 15 is 0 Å². The Bertz CT molecular complexity index is 1380. The van der Waals surface area contributed by atoms with E-state index in [4.69, 9.17) is 9.26 Å². The third-order valence-corrected chi connectivity index (χ3v) is 7.05. The Hall–Kier alpha value is -3.61. The molecule has 1 aliphatic rings. The molecule has 198 valence electrons. The number of carbonyl (C=O) groups is 1. The summed E-state index contributed by atoms with van der Waals surface area (Å²) >= 11 is 0.639. The van der Waals surface area contributed by atoms with Crippen LogP contribution in [0.2, 0.25) is 0 Å². The predicted octanol–water partition coefficient (Wildman–Crippen LogP) is 5.12. The van der Waals surface area contributed by atoms with Gasteiger partial charge in [0.2, 0.25) is 5.82 Å². The molecule has 0 saturated carbocycles. The van der Waals surface area contributed by atoms with Gasteiger partial charge in [0.25, 0.3) is 5.89 Å². The van der Waals surface area contributed by atoms with Crippen LogP contribution in [0.3, 0.4) is 0 Å². The van der Waals surface area contributed by atoms with E-state index < -0.39 is 17.8 Å². The van der Waals surface area contributed by atoms with Crippen molar-refractivity contribution in [3.05, 3.63) is 65.7 Å². The van der Waals surface area contributed by atoms with E-state index in [0.717, 1.165) is 19.4 Å². The van der Waals surface area contributed by atoms with E-state index in [-0.39, 0.29) is 40.8 Å². The average Bonchev–Trinajstić information content (AvgIpc) is 3.60. The Kier molecular flexibility index (Phi) is 7.54. The largest absolute Gasteiger partial charge is 0.462 e. The van der Waals surface area contributed by atoms with Crippen LogP contribution >= 0.6 is 11.5 Å². The first-order chi connectivity index (χ1) is 18.3. The van der Waals surface area contributed by atoms with Gasteiger partial charge in [0.1, 0.15) is 23.2 Å². The second-order valence-electron chi connectivity index (χ2n) is 8.83. The molecule has 5 rings (SSSR count). The van der Waals surface area contributed by atoms with Crippen LogP contribution in [0.15, 0.2) is 59.1 Å². The molecule has 2 atom stereocenters. The number of nitrogens with one attached hydrogen (secondary N) is 1. The van der Waals surface area contributed by atoms with Crippen LogP contribution in [-0.4, -0.2) is 45.3 Å². The molecule has 38 heavy (non-hydrogen) atoms. The van der Waals surface area contributed by atoms with Crippen molar-refractivity contribution in [2.45, 2.75) is 25.1 Å². The van der Waals surface area contributed by atoms with Crippen LogP contribution < -0.4 is 5.32 Å². The molecule has 1 unspecified atom stereocenters. The van der Waals surface area contributed by atoms with E-state index in [2.05, 4.69) is 19.8 Å². The minimum atomic E-state index is -4.68. The molecular weight excluding hydrogens is 521 g/mol. The van der Waals surface area contributed by atoms with Gasteiger partial charge < -0.3 is 19.7 Å². The molecule has 1 aliphatic heterocycles. The lowest BCUT2D eigenvalue weighted by molar-refractivity contribution is -0.152. The predicted molar refractivity (Wildman–Crippen MR) is 133 cm³/mol. The summed E-state index contributed by atoms with van der Waals surface area (Å²) in [5.74, 6) is -0.768. The second kappa shape index (κ2) is 11.0. The van der Waals surface area contributed by atoms with Crippen molar-refractivity contribution in [2.75, 3.05) is 19.7 Å². The molecule has 0 bridgehead atoms. The van der Waals surface area contributed by atoms with Crippen LogP contribution in [0.4, 0.5) is 13.2 Å². The Morgan fingerprint density at radius 1 is 1.16 bits per heavy atom. The summed E-state index contributed by atoms with van der Waals surface area (Å²) in [6.45, 7) is 1.26. The lowest BCUT2D eigenvalue weighted by atomic mass is 10.00. The number of alkyl halides is 3. The number of hydrogen-bond acceptors (Lipinski definition) is 9. The maximum atomic E-state index is 14.0. The van der Waals surface area contributed by atoms with Gasteiger partial charge >= 0.3 is 12.1 Å². The quantitative estimate of drug-likeness (QED) is 0.309. The number of benzene rings is 2. The second-order valence-corrected chi connectivity index (χ2v) is 9.61. The number of hydrogen-bond donors (Lipinski definition) is 2. The third kappa shape index (κ3) is 5.62. The molecular formula is C26H23F3N4O4S. The molecule has 2 aromatic carbocycles. The van der Waals surface area contributed by atoms with E-state index in [1.54, 1.807) is 54.6 Å². The molecule has 8 nitrogen and oxygen atoms in total. The Morgan fingerprint density at radius 2 is 1.92 bits per heavy atom. The van der Waals surface area contributed by atoms with Crippen molar-refractivity contribution in [1.82, 2.24) is 19.8 Å². The summed E-state index contributed by atoms with van der Waals surface area (Å²) < 4.78 is 56.5. The van der Waals surface area contributed by atoms with Crippen LogP contribution in [0, 0.1) is 5.92 Å². The first-order valence-corrected chi connectivity index (χ1v) is 12.7. The van der Waals surface area contributed by atoms with Gasteiger partial charge in [-0.3, -0.25) is 4.79 Å². The zero-order chi connectivity index (χ0) is 26.7. The van der Waals surface area contributed by atoms with E-state index in [1.165, 1.54) is 0 Å². The van der Waals surface area contributed by atoms with Gasteiger partial charge in [-0.25, -0.2) is 0 Å². The van der Waals surface area contributed by atoms with Crippen molar-refractivity contribution in [3.63, 3.8) is 0 Å². The summed E-state index contributed by atoms with van der Waals surface area (Å²) in [5, 5.41) is 17.4. The van der Waals surface area contributed by atoms with Gasteiger partial charge in [-0.1, -0.05) is 59.8 Å². The smallest absolute Gasteiger partial charge is 0.420 e. The number of esters is 1. The molecule has 4 aromatic rings. The number of halogens is 3. The molecule has 0 aliphatic carbocycles. The molecule has 2 aromatic heterocycles. The van der Waals surface area contributed by atoms with Gasteiger partial charge in [0, 0.05) is 17.7 Å². The Labute approximate surface area is 219 Å². The highest BCUT2D eigenvalue weighted by Gasteiger charge is 2.41. The minimum Gasteiger partial charge on any atom is -0.462 e. The lowest BCUT2D eigenvalue weighted by Crippen LogP contribution is -2.35. The summed E-state index contributed by atoms with van der Waals surface area (Å²) in [4.78, 5) is 16.1. The molecule has 0 amide bonds. The fourth-order valence-electron chi connectivity index (χ4n) is 4.21. The van der Waals surface area contributed by atoms with Crippen LogP contribution in [0.25, 0.3) is 33.4 Å². The zero-order valence-corrected chi connectivity index (χ0v) is 20.8. The highest BCUT2D eigenvalue weighted by atomic mass is 32.1. The number of nitrogens with zero attached hydrogens (tertiary/aromatic N) is 3. The van der Waals surface area contributed by atoms with Crippen molar-refractivity contribution >= 4 is 17.5 Å². The Morgan fingerprint density at radius 3 is 2.61 bits per heavy atom. The van der Waals surface area contributed by atoms with E-state index in [1.807, 2.05) is 0 Å². The Balaban J connectivity index is 1.30. The summed E-state index contributed by atoms with van der Waals surface area (Å²) in [6.07, 6.45) is -4.07. The number of rotatable bonds is 7. The van der Waals surface area contributed by atoms with Gasteiger partial charge in [0.05, 0.1) is 11.6 Å². The number of piperidine rings is 1. The van der Waals surface area contributed by atoms with Gasteiger partial charge in [-0.15, -0.1) is 0 Å². The summed E-state index contributed by atoms with van der Waals surface area (Å²) in [6, 6.07) is 14.5.